The third-order valence-corrected chi connectivity index (χ3v) is 8.02. The zero-order valence-corrected chi connectivity index (χ0v) is 21.3. The summed E-state index contributed by atoms with van der Waals surface area (Å²) < 4.78 is 0. The van der Waals surface area contributed by atoms with Crippen molar-refractivity contribution in [1.82, 2.24) is 0 Å². The number of hydrogen-bond donors (Lipinski definition) is 0. The zero-order chi connectivity index (χ0) is 23.7. The first-order chi connectivity index (χ1) is 17.3. The molecule has 36 heavy (non-hydrogen) atoms. The fourth-order valence-electron chi connectivity index (χ4n) is 6.13. The van der Waals surface area contributed by atoms with E-state index in [4.69, 9.17) is 0 Å². The molecule has 2 heteroatoms. The molecule has 0 aliphatic heterocycles. The molecular formula is C34H30BLi. The predicted molar refractivity (Wildman–Crippen MR) is 156 cm³/mol. The summed E-state index contributed by atoms with van der Waals surface area (Å²) in [5.74, 6) is 0. The van der Waals surface area contributed by atoms with E-state index >= 15 is 0 Å². The van der Waals surface area contributed by atoms with Gasteiger partial charge >= 0.3 is 18.9 Å². The van der Waals surface area contributed by atoms with E-state index in [0.717, 1.165) is 6.32 Å². The maximum Gasteiger partial charge on any atom is 1.00 e. The van der Waals surface area contributed by atoms with E-state index in [0.29, 0.717) is 0 Å². The van der Waals surface area contributed by atoms with Crippen LogP contribution in [0.5, 0.6) is 0 Å². The molecule has 0 atom stereocenters. The van der Waals surface area contributed by atoms with Crippen LogP contribution >= 0.6 is 0 Å². The number of rotatable bonds is 6. The van der Waals surface area contributed by atoms with Gasteiger partial charge in [0.2, 0.25) is 0 Å². The second-order valence-electron chi connectivity index (χ2n) is 10.0. The molecule has 0 bridgehead atoms. The SMILES string of the molecule is CCCC[B-](c1ccc2ccccc2c1)(c1ccc2ccccc2c1)c1ccc2ccccc2c1.[Li+]. The van der Waals surface area contributed by atoms with Crippen molar-refractivity contribution in [2.24, 2.45) is 0 Å². The first kappa shape index (κ1) is 24.5. The minimum atomic E-state index is -1.16. The predicted octanol–water partition coefficient (Wildman–Crippen LogP) is 4.42. The number of unbranched alkanes of at least 4 members (excludes halogenated alkanes) is 1. The van der Waals surface area contributed by atoms with Gasteiger partial charge in [-0.15, -0.1) is 0 Å². The molecule has 0 nitrogen and oxygen atoms in total. The standard InChI is InChI=1S/C34H30B.Li/c1-2-3-22-35(32-19-16-26-10-4-7-13-29(26)23-32,33-20-17-27-11-5-8-14-30(27)24-33)34-21-18-28-12-6-9-15-31(28)25-34;/h4-21,23-25H,2-3,22H2,1H3;/q-1;+1. The van der Waals surface area contributed by atoms with Crippen molar-refractivity contribution in [3.63, 3.8) is 0 Å². The van der Waals surface area contributed by atoms with Crippen LogP contribution in [0.25, 0.3) is 32.3 Å². The van der Waals surface area contributed by atoms with Crippen LogP contribution < -0.4 is 35.2 Å². The Morgan fingerprint density at radius 1 is 0.444 bits per heavy atom. The Morgan fingerprint density at radius 3 is 1.11 bits per heavy atom. The molecule has 0 aliphatic rings. The Morgan fingerprint density at radius 2 is 0.778 bits per heavy atom. The maximum absolute atomic E-state index is 2.45. The molecule has 0 aromatic heterocycles. The maximum atomic E-state index is 2.45. The van der Waals surface area contributed by atoms with Crippen LogP contribution in [-0.2, 0) is 0 Å². The van der Waals surface area contributed by atoms with Gasteiger partial charge in [-0.1, -0.05) is 147 Å². The minimum Gasteiger partial charge on any atom is -0.199 e. The van der Waals surface area contributed by atoms with Crippen molar-refractivity contribution in [2.75, 3.05) is 0 Å². The Bertz CT molecular complexity index is 1460. The molecule has 0 spiro atoms. The van der Waals surface area contributed by atoms with Gasteiger partial charge in [-0.25, -0.2) is 0 Å². The van der Waals surface area contributed by atoms with Crippen molar-refractivity contribution in [3.8, 4) is 0 Å². The van der Waals surface area contributed by atoms with Crippen LogP contribution in [0.2, 0.25) is 6.32 Å². The molecule has 0 aliphatic carbocycles. The Kier molecular flexibility index (Phi) is 7.06. The largest absolute Gasteiger partial charge is 1.00 e. The molecule has 6 rings (SSSR count). The van der Waals surface area contributed by atoms with E-state index in [1.807, 2.05) is 0 Å². The molecule has 0 unspecified atom stereocenters. The fraction of sp³-hybridized carbons (Fsp3) is 0.118. The molecule has 0 saturated heterocycles. The van der Waals surface area contributed by atoms with Gasteiger partial charge < -0.3 is 0 Å². The van der Waals surface area contributed by atoms with Gasteiger partial charge in [0.15, 0.2) is 0 Å². The van der Waals surface area contributed by atoms with Crippen LogP contribution in [0.15, 0.2) is 127 Å². The quantitative estimate of drug-likeness (QED) is 0.326. The van der Waals surface area contributed by atoms with E-state index in [9.17, 15) is 0 Å². The van der Waals surface area contributed by atoms with Crippen LogP contribution in [0, 0.1) is 0 Å². The van der Waals surface area contributed by atoms with Gasteiger partial charge in [0.25, 0.3) is 0 Å². The zero-order valence-electron chi connectivity index (χ0n) is 21.3. The van der Waals surface area contributed by atoms with Crippen molar-refractivity contribution < 1.29 is 18.9 Å². The first-order valence-electron chi connectivity index (χ1n) is 12.9. The monoisotopic (exact) mass is 456 g/mol. The summed E-state index contributed by atoms with van der Waals surface area (Å²) in [6.45, 7) is 2.31. The van der Waals surface area contributed by atoms with Crippen LogP contribution in [0.4, 0.5) is 0 Å². The Labute approximate surface area is 226 Å². The van der Waals surface area contributed by atoms with Crippen LogP contribution in [0.1, 0.15) is 19.8 Å². The van der Waals surface area contributed by atoms with E-state index in [-0.39, 0.29) is 18.9 Å². The molecule has 0 saturated carbocycles. The van der Waals surface area contributed by atoms with Crippen molar-refractivity contribution in [3.05, 3.63) is 127 Å². The number of fused-ring (bicyclic) bond motifs is 3. The average Bonchev–Trinajstić information content (AvgIpc) is 2.93. The molecule has 0 radical (unpaired) electrons. The summed E-state index contributed by atoms with van der Waals surface area (Å²) in [5.41, 5.74) is 4.30. The Balaban J connectivity index is 0.00000267. The van der Waals surface area contributed by atoms with Gasteiger partial charge in [0.1, 0.15) is 0 Å². The fourth-order valence-corrected chi connectivity index (χ4v) is 6.13. The summed E-state index contributed by atoms with van der Waals surface area (Å²) in [7, 11) is 0. The van der Waals surface area contributed by atoms with Crippen molar-refractivity contribution >= 4 is 54.9 Å². The Hall–Kier alpha value is -3.24. The molecule has 170 valence electrons. The normalized spacial score (nSPS) is 11.6. The summed E-state index contributed by atoms with van der Waals surface area (Å²) in [4.78, 5) is 0. The molecule has 0 heterocycles. The molecule has 0 fully saturated rings. The summed E-state index contributed by atoms with van der Waals surface area (Å²) in [6.07, 6.45) is 2.34. The topological polar surface area (TPSA) is 0 Å². The molecule has 6 aromatic rings. The van der Waals surface area contributed by atoms with E-state index in [1.165, 1.54) is 61.5 Å². The second kappa shape index (κ2) is 10.4. The number of benzene rings is 6. The van der Waals surface area contributed by atoms with Gasteiger partial charge in [0, 0.05) is 0 Å². The van der Waals surface area contributed by atoms with Gasteiger partial charge in [0.05, 0.1) is 6.15 Å². The van der Waals surface area contributed by atoms with Crippen LogP contribution in [-0.4, -0.2) is 6.15 Å². The summed E-state index contributed by atoms with van der Waals surface area (Å²) >= 11 is 0. The van der Waals surface area contributed by atoms with Crippen LogP contribution in [0.3, 0.4) is 0 Å². The number of hydrogen-bond acceptors (Lipinski definition) is 0. The van der Waals surface area contributed by atoms with Gasteiger partial charge in [-0.05, 0) is 32.3 Å². The van der Waals surface area contributed by atoms with Gasteiger partial charge in [-0.2, -0.15) is 22.7 Å². The minimum absolute atomic E-state index is 0. The van der Waals surface area contributed by atoms with Crippen molar-refractivity contribution in [2.45, 2.75) is 26.1 Å². The molecule has 6 aromatic carbocycles. The first-order valence-corrected chi connectivity index (χ1v) is 12.9. The second-order valence-corrected chi connectivity index (χ2v) is 10.0. The van der Waals surface area contributed by atoms with Gasteiger partial charge in [-0.3, -0.25) is 0 Å². The molecular weight excluding hydrogens is 426 g/mol. The average molecular weight is 456 g/mol. The van der Waals surface area contributed by atoms with E-state index in [2.05, 4.69) is 134 Å². The molecule has 0 amide bonds. The van der Waals surface area contributed by atoms with E-state index in [1.54, 1.807) is 0 Å². The smallest absolute Gasteiger partial charge is 0.199 e. The third-order valence-electron chi connectivity index (χ3n) is 8.02. The third kappa shape index (κ3) is 4.28. The summed E-state index contributed by atoms with van der Waals surface area (Å²) in [6, 6.07) is 47.7. The van der Waals surface area contributed by atoms with Crippen molar-refractivity contribution in [1.29, 1.82) is 0 Å². The summed E-state index contributed by atoms with van der Waals surface area (Å²) in [5, 5.41) is 7.84. The van der Waals surface area contributed by atoms with E-state index < -0.39 is 6.15 Å². The molecule has 0 N–H and O–H groups in total.